The SMILES string of the molecule is COc1cccc(-c2nc3ccc(C(=O)NCc4cnc(C)cn4)cc3o2)c1. The third kappa shape index (κ3) is 3.68. The van der Waals surface area contributed by atoms with E-state index in [0.717, 1.165) is 17.0 Å². The van der Waals surface area contributed by atoms with Gasteiger partial charge >= 0.3 is 0 Å². The summed E-state index contributed by atoms with van der Waals surface area (Å²) >= 11 is 0. The molecule has 0 spiro atoms. The summed E-state index contributed by atoms with van der Waals surface area (Å²) in [6, 6.07) is 12.6. The molecule has 4 aromatic rings. The predicted octanol–water partition coefficient (Wildman–Crippen LogP) is 3.53. The Balaban J connectivity index is 1.53. The number of aryl methyl sites for hydroxylation is 1. The lowest BCUT2D eigenvalue weighted by Crippen LogP contribution is -2.23. The first-order chi connectivity index (χ1) is 13.6. The van der Waals surface area contributed by atoms with E-state index in [-0.39, 0.29) is 5.91 Å². The van der Waals surface area contributed by atoms with Crippen LogP contribution in [0.25, 0.3) is 22.6 Å². The number of nitrogens with zero attached hydrogens (tertiary/aromatic N) is 3. The Morgan fingerprint density at radius 2 is 2.04 bits per heavy atom. The maximum absolute atomic E-state index is 12.5. The van der Waals surface area contributed by atoms with Gasteiger partial charge in [0.1, 0.15) is 11.3 Å². The van der Waals surface area contributed by atoms with Crippen molar-refractivity contribution in [2.75, 3.05) is 7.11 Å². The molecule has 0 unspecified atom stereocenters. The number of carbonyl (C=O) groups is 1. The molecule has 1 N–H and O–H groups in total. The van der Waals surface area contributed by atoms with Crippen molar-refractivity contribution in [3.8, 4) is 17.2 Å². The van der Waals surface area contributed by atoms with Gasteiger partial charge in [-0.05, 0) is 43.3 Å². The van der Waals surface area contributed by atoms with Gasteiger partial charge < -0.3 is 14.5 Å². The van der Waals surface area contributed by atoms with Crippen molar-refractivity contribution in [2.45, 2.75) is 13.5 Å². The molecule has 2 aromatic carbocycles. The molecule has 1 amide bonds. The molecule has 0 radical (unpaired) electrons. The normalized spacial score (nSPS) is 10.8. The maximum Gasteiger partial charge on any atom is 0.251 e. The minimum atomic E-state index is -0.219. The maximum atomic E-state index is 12.5. The number of aromatic nitrogens is 3. The Morgan fingerprint density at radius 1 is 1.14 bits per heavy atom. The summed E-state index contributed by atoms with van der Waals surface area (Å²) in [5.41, 5.74) is 4.04. The first-order valence-corrected chi connectivity index (χ1v) is 8.73. The van der Waals surface area contributed by atoms with Crippen LogP contribution in [-0.2, 0) is 6.54 Å². The number of nitrogens with one attached hydrogen (secondary N) is 1. The summed E-state index contributed by atoms with van der Waals surface area (Å²) in [6.45, 7) is 2.16. The number of fused-ring (bicyclic) bond motifs is 1. The topological polar surface area (TPSA) is 90.1 Å². The lowest BCUT2D eigenvalue weighted by molar-refractivity contribution is 0.0950. The van der Waals surface area contributed by atoms with E-state index in [4.69, 9.17) is 9.15 Å². The molecule has 0 aliphatic rings. The lowest BCUT2D eigenvalue weighted by Gasteiger charge is -2.04. The van der Waals surface area contributed by atoms with E-state index in [0.29, 0.717) is 34.8 Å². The number of carbonyl (C=O) groups excluding carboxylic acids is 1. The summed E-state index contributed by atoms with van der Waals surface area (Å²) in [5, 5.41) is 2.83. The largest absolute Gasteiger partial charge is 0.497 e. The van der Waals surface area contributed by atoms with Crippen LogP contribution in [-0.4, -0.2) is 28.0 Å². The highest BCUT2D eigenvalue weighted by molar-refractivity contribution is 5.97. The first kappa shape index (κ1) is 17.7. The molecule has 2 heterocycles. The lowest BCUT2D eigenvalue weighted by atomic mass is 10.2. The third-order valence-corrected chi connectivity index (χ3v) is 4.23. The van der Waals surface area contributed by atoms with Gasteiger partial charge in [0.25, 0.3) is 5.91 Å². The minimum Gasteiger partial charge on any atom is -0.497 e. The summed E-state index contributed by atoms with van der Waals surface area (Å²) < 4.78 is 11.1. The second kappa shape index (κ2) is 7.48. The average Bonchev–Trinajstić information content (AvgIpc) is 3.16. The van der Waals surface area contributed by atoms with E-state index in [9.17, 15) is 4.79 Å². The summed E-state index contributed by atoms with van der Waals surface area (Å²) in [6.07, 6.45) is 3.32. The molecular formula is C21H18N4O3. The second-order valence-electron chi connectivity index (χ2n) is 6.27. The molecule has 0 aliphatic heterocycles. The highest BCUT2D eigenvalue weighted by Crippen LogP contribution is 2.27. The van der Waals surface area contributed by atoms with Crippen LogP contribution in [0, 0.1) is 6.92 Å². The van der Waals surface area contributed by atoms with Gasteiger partial charge in [0.05, 0.1) is 31.2 Å². The van der Waals surface area contributed by atoms with Crippen LogP contribution < -0.4 is 10.1 Å². The van der Waals surface area contributed by atoms with Gasteiger partial charge in [-0.1, -0.05) is 6.07 Å². The smallest absolute Gasteiger partial charge is 0.251 e. The van der Waals surface area contributed by atoms with Gasteiger partial charge in [0.15, 0.2) is 5.58 Å². The number of rotatable bonds is 5. The Kier molecular flexibility index (Phi) is 4.72. The fourth-order valence-corrected chi connectivity index (χ4v) is 2.73. The van der Waals surface area contributed by atoms with Gasteiger partial charge in [0.2, 0.25) is 5.89 Å². The van der Waals surface area contributed by atoms with Crippen LogP contribution in [0.1, 0.15) is 21.7 Å². The number of amides is 1. The monoisotopic (exact) mass is 374 g/mol. The highest BCUT2D eigenvalue weighted by Gasteiger charge is 2.12. The van der Waals surface area contributed by atoms with E-state index in [1.54, 1.807) is 37.7 Å². The fraction of sp³-hybridized carbons (Fsp3) is 0.143. The first-order valence-electron chi connectivity index (χ1n) is 8.73. The molecular weight excluding hydrogens is 356 g/mol. The number of ether oxygens (including phenoxy) is 1. The molecule has 0 saturated carbocycles. The van der Waals surface area contributed by atoms with Crippen LogP contribution in [0.4, 0.5) is 0 Å². The number of hydrogen-bond acceptors (Lipinski definition) is 6. The molecule has 4 rings (SSSR count). The summed E-state index contributed by atoms with van der Waals surface area (Å²) in [5.74, 6) is 0.976. The van der Waals surface area contributed by atoms with Crippen LogP contribution in [0.3, 0.4) is 0 Å². The Hall–Kier alpha value is -3.74. The van der Waals surface area contributed by atoms with Crippen LogP contribution in [0.2, 0.25) is 0 Å². The molecule has 0 bridgehead atoms. The van der Waals surface area contributed by atoms with Crippen molar-refractivity contribution in [2.24, 2.45) is 0 Å². The van der Waals surface area contributed by atoms with E-state index >= 15 is 0 Å². The molecule has 0 saturated heterocycles. The summed E-state index contributed by atoms with van der Waals surface area (Å²) in [7, 11) is 1.61. The van der Waals surface area contributed by atoms with Gasteiger partial charge in [-0.2, -0.15) is 0 Å². The second-order valence-corrected chi connectivity index (χ2v) is 6.27. The minimum absolute atomic E-state index is 0.219. The van der Waals surface area contributed by atoms with Crippen LogP contribution in [0.15, 0.2) is 59.3 Å². The molecule has 140 valence electrons. The van der Waals surface area contributed by atoms with E-state index in [1.807, 2.05) is 31.2 Å². The van der Waals surface area contributed by atoms with Crippen LogP contribution >= 0.6 is 0 Å². The van der Waals surface area contributed by atoms with E-state index < -0.39 is 0 Å². The zero-order valence-corrected chi connectivity index (χ0v) is 15.5. The van der Waals surface area contributed by atoms with Crippen molar-refractivity contribution in [1.29, 1.82) is 0 Å². The number of benzene rings is 2. The summed E-state index contributed by atoms with van der Waals surface area (Å²) in [4.78, 5) is 25.3. The zero-order chi connectivity index (χ0) is 19.5. The van der Waals surface area contributed by atoms with Crippen molar-refractivity contribution in [3.05, 3.63) is 71.8 Å². The van der Waals surface area contributed by atoms with Gasteiger partial charge in [-0.25, -0.2) is 4.98 Å². The molecule has 7 nitrogen and oxygen atoms in total. The van der Waals surface area contributed by atoms with Crippen molar-refractivity contribution in [3.63, 3.8) is 0 Å². The number of oxazole rings is 1. The van der Waals surface area contributed by atoms with Gasteiger partial charge in [-0.3, -0.25) is 14.8 Å². The molecule has 2 aromatic heterocycles. The van der Waals surface area contributed by atoms with Crippen molar-refractivity contribution < 1.29 is 13.9 Å². The Morgan fingerprint density at radius 3 is 2.82 bits per heavy atom. The number of hydrogen-bond donors (Lipinski definition) is 1. The Labute approximate surface area is 161 Å². The van der Waals surface area contributed by atoms with Gasteiger partial charge in [-0.15, -0.1) is 0 Å². The van der Waals surface area contributed by atoms with Crippen molar-refractivity contribution in [1.82, 2.24) is 20.3 Å². The fourth-order valence-electron chi connectivity index (χ4n) is 2.73. The predicted molar refractivity (Wildman–Crippen MR) is 104 cm³/mol. The molecule has 0 atom stereocenters. The Bertz CT molecular complexity index is 1140. The highest BCUT2D eigenvalue weighted by atomic mass is 16.5. The van der Waals surface area contributed by atoms with E-state index in [1.165, 1.54) is 0 Å². The number of methoxy groups -OCH3 is 1. The van der Waals surface area contributed by atoms with Crippen molar-refractivity contribution >= 4 is 17.0 Å². The quantitative estimate of drug-likeness (QED) is 0.575. The molecule has 7 heteroatoms. The standard InChI is InChI=1S/C21H18N4O3/c1-13-10-23-16(11-22-13)12-24-20(26)14-6-7-18-19(9-14)28-21(25-18)15-4-3-5-17(8-15)27-2/h3-11H,12H2,1-2H3,(H,24,26). The average molecular weight is 374 g/mol. The molecule has 0 aliphatic carbocycles. The molecule has 0 fully saturated rings. The van der Waals surface area contributed by atoms with E-state index in [2.05, 4.69) is 20.3 Å². The van der Waals surface area contributed by atoms with Gasteiger partial charge in [0, 0.05) is 17.3 Å². The third-order valence-electron chi connectivity index (χ3n) is 4.23. The zero-order valence-electron chi connectivity index (χ0n) is 15.5. The van der Waals surface area contributed by atoms with Crippen LogP contribution in [0.5, 0.6) is 5.75 Å². The molecule has 28 heavy (non-hydrogen) atoms.